The molecule has 16 nitrogen and oxygen atoms in total. The van der Waals surface area contributed by atoms with Crippen molar-refractivity contribution in [2.45, 2.75) is 0 Å². The Morgan fingerprint density at radius 1 is 0.682 bits per heavy atom. The van der Waals surface area contributed by atoms with Crippen molar-refractivity contribution in [1.29, 1.82) is 0 Å². The van der Waals surface area contributed by atoms with E-state index < -0.39 is 54.2 Å². The summed E-state index contributed by atoms with van der Waals surface area (Å²) in [5, 5.41) is 54.9. The maximum absolute atomic E-state index is 10.9. The van der Waals surface area contributed by atoms with Crippen LogP contribution in [0.4, 0.5) is 0 Å². The molecule has 22 heavy (non-hydrogen) atoms. The first kappa shape index (κ1) is 14.4. The van der Waals surface area contributed by atoms with E-state index in [1.807, 2.05) is 0 Å². The average molecular weight is 312 g/mol. The molecule has 0 saturated heterocycles. The second-order valence-corrected chi connectivity index (χ2v) is 3.47. The summed E-state index contributed by atoms with van der Waals surface area (Å²) in [5.74, 6) is -3.72. The quantitative estimate of drug-likeness (QED) is 0.484. The number of hydrogen-bond donors (Lipinski definition) is 0. The molecule has 2 aliphatic rings. The summed E-state index contributed by atoms with van der Waals surface area (Å²) < 4.78 is 0. The molecule has 16 heteroatoms. The zero-order valence-corrected chi connectivity index (χ0v) is 9.84. The van der Waals surface area contributed by atoms with Gasteiger partial charge >= 0.3 is 23.2 Å². The molecule has 0 fully saturated rings. The van der Waals surface area contributed by atoms with Crippen LogP contribution in [0, 0.1) is 40.5 Å². The summed E-state index contributed by atoms with van der Waals surface area (Å²) >= 11 is 0. The fourth-order valence-electron chi connectivity index (χ4n) is 1.52. The molecule has 0 saturated carbocycles. The van der Waals surface area contributed by atoms with E-state index in [0.29, 0.717) is 0 Å². The summed E-state index contributed by atoms with van der Waals surface area (Å²) in [7, 11) is 0. The summed E-state index contributed by atoms with van der Waals surface area (Å²) in [5.41, 5.74) is -3.38. The van der Waals surface area contributed by atoms with Gasteiger partial charge in [-0.15, -0.1) is 0 Å². The summed E-state index contributed by atoms with van der Waals surface area (Å²) in [4.78, 5) is 38.2. The standard InChI is InChI=1S/C6N8O8/c15-11(16)3-2(7-10-6(3)14(21)22)1-4(12(17)18)8-9-5(1)13(19)20. The van der Waals surface area contributed by atoms with Crippen LogP contribution in [0.25, 0.3) is 0 Å². The topological polar surface area (TPSA) is 222 Å². The Hall–Kier alpha value is -3.98. The van der Waals surface area contributed by atoms with Crippen LogP contribution in [0.2, 0.25) is 0 Å². The SMILES string of the molecule is O=[N+]([O-])C1=NN=C([N+](=O)[O-])C1=C1N=NC([N+](=O)[O-])=C1[N+](=O)[O-]. The first-order valence-corrected chi connectivity index (χ1v) is 4.90. The highest BCUT2D eigenvalue weighted by atomic mass is 16.6. The van der Waals surface area contributed by atoms with Crippen LogP contribution in [0.15, 0.2) is 43.2 Å². The minimum absolute atomic E-state index is 1.03. The van der Waals surface area contributed by atoms with E-state index in [-0.39, 0.29) is 0 Å². The van der Waals surface area contributed by atoms with Gasteiger partial charge in [-0.3, -0.25) is 10.1 Å². The van der Waals surface area contributed by atoms with Gasteiger partial charge in [-0.05, 0) is 19.9 Å². The molecule has 0 unspecified atom stereocenters. The number of nitro groups is 4. The van der Waals surface area contributed by atoms with Crippen LogP contribution in [-0.4, -0.2) is 31.4 Å². The Morgan fingerprint density at radius 2 is 1.18 bits per heavy atom. The van der Waals surface area contributed by atoms with E-state index in [1.54, 1.807) is 0 Å². The lowest BCUT2D eigenvalue weighted by Gasteiger charge is -1.97. The molecule has 2 aliphatic heterocycles. The normalized spacial score (nSPS) is 16.7. The highest BCUT2D eigenvalue weighted by Crippen LogP contribution is 2.31. The Balaban J connectivity index is 2.78. The first-order valence-electron chi connectivity index (χ1n) is 4.90. The van der Waals surface area contributed by atoms with Crippen molar-refractivity contribution in [2.75, 3.05) is 0 Å². The van der Waals surface area contributed by atoms with Crippen molar-refractivity contribution >= 4 is 11.7 Å². The Labute approximate surface area is 116 Å². The van der Waals surface area contributed by atoms with Crippen LogP contribution in [-0.2, 0) is 0 Å². The molecule has 0 aromatic rings. The maximum Gasteiger partial charge on any atom is 0.470 e. The molecule has 0 bridgehead atoms. The molecule has 0 amide bonds. The minimum Gasteiger partial charge on any atom is -0.358 e. The van der Waals surface area contributed by atoms with Gasteiger partial charge in [0.2, 0.25) is 11.3 Å². The van der Waals surface area contributed by atoms with Gasteiger partial charge in [0.05, 0.1) is 10.0 Å². The van der Waals surface area contributed by atoms with Gasteiger partial charge in [0.25, 0.3) is 0 Å². The van der Waals surface area contributed by atoms with Gasteiger partial charge in [0, 0.05) is 0 Å². The summed E-state index contributed by atoms with van der Waals surface area (Å²) in [6, 6.07) is 0. The van der Waals surface area contributed by atoms with E-state index in [0.717, 1.165) is 0 Å². The summed E-state index contributed by atoms with van der Waals surface area (Å²) in [6.45, 7) is 0. The molecule has 112 valence electrons. The van der Waals surface area contributed by atoms with Crippen molar-refractivity contribution in [3.63, 3.8) is 0 Å². The van der Waals surface area contributed by atoms with E-state index >= 15 is 0 Å². The molecular formula is C6N8O8. The fourth-order valence-corrected chi connectivity index (χ4v) is 1.52. The molecule has 0 aliphatic carbocycles. The molecule has 2 heterocycles. The second kappa shape index (κ2) is 4.85. The van der Waals surface area contributed by atoms with Gasteiger partial charge in [0.15, 0.2) is 10.2 Å². The van der Waals surface area contributed by atoms with Crippen molar-refractivity contribution in [3.8, 4) is 0 Å². The predicted octanol–water partition coefficient (Wildman–Crippen LogP) is -0.292. The Kier molecular flexibility index (Phi) is 3.18. The second-order valence-electron chi connectivity index (χ2n) is 3.47. The number of rotatable bonds is 2. The van der Waals surface area contributed by atoms with Gasteiger partial charge in [-0.2, -0.15) is 0 Å². The highest BCUT2D eigenvalue weighted by molar-refractivity contribution is 6.20. The molecule has 0 N–H and O–H groups in total. The van der Waals surface area contributed by atoms with Crippen LogP contribution < -0.4 is 0 Å². The Bertz CT molecular complexity index is 767. The van der Waals surface area contributed by atoms with E-state index in [9.17, 15) is 40.5 Å². The molecule has 0 spiro atoms. The highest BCUT2D eigenvalue weighted by Gasteiger charge is 2.52. The number of amidine groups is 2. The minimum atomic E-state index is -1.33. The molecule has 0 atom stereocenters. The lowest BCUT2D eigenvalue weighted by atomic mass is 10.1. The predicted molar refractivity (Wildman–Crippen MR) is 61.8 cm³/mol. The van der Waals surface area contributed by atoms with Crippen LogP contribution >= 0.6 is 0 Å². The van der Waals surface area contributed by atoms with E-state index in [2.05, 4.69) is 20.4 Å². The van der Waals surface area contributed by atoms with Crippen molar-refractivity contribution in [2.24, 2.45) is 20.4 Å². The molecular weight excluding hydrogens is 312 g/mol. The van der Waals surface area contributed by atoms with Crippen LogP contribution in [0.1, 0.15) is 0 Å². The van der Waals surface area contributed by atoms with Crippen LogP contribution in [0.5, 0.6) is 0 Å². The van der Waals surface area contributed by atoms with Gasteiger partial charge in [-0.1, -0.05) is 0 Å². The average Bonchev–Trinajstić information content (AvgIpc) is 3.01. The summed E-state index contributed by atoms with van der Waals surface area (Å²) in [6.07, 6.45) is 0. The van der Waals surface area contributed by atoms with E-state index in [4.69, 9.17) is 0 Å². The molecule has 0 radical (unpaired) electrons. The number of azo groups is 1. The number of nitrogens with zero attached hydrogens (tertiary/aromatic N) is 8. The third-order valence-corrected chi connectivity index (χ3v) is 2.31. The van der Waals surface area contributed by atoms with Crippen LogP contribution in [0.3, 0.4) is 0 Å². The zero-order valence-electron chi connectivity index (χ0n) is 9.84. The zero-order chi connectivity index (χ0) is 16.6. The van der Waals surface area contributed by atoms with Gasteiger partial charge in [-0.25, -0.2) is 0 Å². The smallest absolute Gasteiger partial charge is 0.358 e. The fraction of sp³-hybridized carbons (Fsp3) is 0. The van der Waals surface area contributed by atoms with Gasteiger partial charge in [0.1, 0.15) is 0 Å². The van der Waals surface area contributed by atoms with Gasteiger partial charge < -0.3 is 30.3 Å². The third kappa shape index (κ3) is 2.05. The molecule has 0 aromatic heterocycles. The molecule has 2 rings (SSSR count). The third-order valence-electron chi connectivity index (χ3n) is 2.31. The van der Waals surface area contributed by atoms with E-state index in [1.165, 1.54) is 0 Å². The largest absolute Gasteiger partial charge is 0.470 e. The van der Waals surface area contributed by atoms with Crippen molar-refractivity contribution in [3.05, 3.63) is 63.2 Å². The van der Waals surface area contributed by atoms with Crippen molar-refractivity contribution in [1.82, 2.24) is 0 Å². The molecule has 0 aromatic carbocycles. The maximum atomic E-state index is 10.9. The Morgan fingerprint density at radius 3 is 1.55 bits per heavy atom. The number of hydrogen-bond acceptors (Lipinski definition) is 12. The van der Waals surface area contributed by atoms with Crippen molar-refractivity contribution < 1.29 is 19.7 Å². The lowest BCUT2D eigenvalue weighted by Crippen LogP contribution is -2.24. The monoisotopic (exact) mass is 312 g/mol. The first-order chi connectivity index (χ1) is 10.3. The lowest BCUT2D eigenvalue weighted by molar-refractivity contribution is -0.467.